The number of esters is 1. The van der Waals surface area contributed by atoms with Crippen LogP contribution >= 0.6 is 0 Å². The molecule has 0 aromatic heterocycles. The Kier molecular flexibility index (Phi) is 6.07. The van der Waals surface area contributed by atoms with E-state index in [1.54, 1.807) is 6.07 Å². The Labute approximate surface area is 180 Å². The number of amides is 1. The Balaban J connectivity index is 1.68. The third kappa shape index (κ3) is 5.21. The molecule has 0 saturated heterocycles. The molecule has 2 aromatic carbocycles. The first-order valence-corrected chi connectivity index (χ1v) is 12.5. The van der Waals surface area contributed by atoms with Gasteiger partial charge in [0.25, 0.3) is 5.91 Å². The number of ether oxygens (including phenoxy) is 1. The molecule has 0 spiro atoms. The van der Waals surface area contributed by atoms with Crippen LogP contribution in [0.1, 0.15) is 22.8 Å². The van der Waals surface area contributed by atoms with E-state index in [1.807, 2.05) is 0 Å². The molecule has 1 atom stereocenters. The standard InChI is InChI=1S/C19H21N3O7S2/c1-12(18(23)21-15-4-3-5-16(11-15)31(20,27)28)29-19(24)14-6-7-17-13(10-14)8-9-22(17)30(2,25)26/h3-7,10-12H,8-9H2,1-2H3,(H,21,23)(H2,20,27,28). The fraction of sp³-hybridized carbons (Fsp3) is 0.263. The van der Waals surface area contributed by atoms with Crippen molar-refractivity contribution in [3.05, 3.63) is 53.6 Å². The Morgan fingerprint density at radius 1 is 1.13 bits per heavy atom. The Morgan fingerprint density at radius 3 is 2.48 bits per heavy atom. The van der Waals surface area contributed by atoms with Crippen molar-refractivity contribution in [2.45, 2.75) is 24.3 Å². The summed E-state index contributed by atoms with van der Waals surface area (Å²) in [6.45, 7) is 1.67. The van der Waals surface area contributed by atoms with Gasteiger partial charge < -0.3 is 10.1 Å². The maximum atomic E-state index is 12.4. The highest BCUT2D eigenvalue weighted by Gasteiger charge is 2.27. The molecule has 1 aliphatic heterocycles. The van der Waals surface area contributed by atoms with Gasteiger partial charge in [-0.15, -0.1) is 0 Å². The number of hydrogen-bond acceptors (Lipinski definition) is 7. The molecule has 0 saturated carbocycles. The first-order valence-electron chi connectivity index (χ1n) is 9.11. The number of sulfonamides is 2. The van der Waals surface area contributed by atoms with Gasteiger partial charge in [-0.3, -0.25) is 9.10 Å². The van der Waals surface area contributed by atoms with E-state index in [2.05, 4.69) is 5.32 Å². The largest absolute Gasteiger partial charge is 0.449 e. The number of fused-ring (bicyclic) bond motifs is 1. The lowest BCUT2D eigenvalue weighted by Crippen LogP contribution is -2.30. The van der Waals surface area contributed by atoms with E-state index >= 15 is 0 Å². The molecular weight excluding hydrogens is 446 g/mol. The van der Waals surface area contributed by atoms with E-state index in [4.69, 9.17) is 9.88 Å². The SMILES string of the molecule is CC(OC(=O)c1ccc2c(c1)CCN2S(C)(=O)=O)C(=O)Nc1cccc(S(N)(=O)=O)c1. The first kappa shape index (κ1) is 22.7. The number of rotatable bonds is 6. The van der Waals surface area contributed by atoms with Gasteiger partial charge in [0, 0.05) is 12.2 Å². The monoisotopic (exact) mass is 467 g/mol. The summed E-state index contributed by atoms with van der Waals surface area (Å²) in [5.74, 6) is -1.41. The summed E-state index contributed by atoms with van der Waals surface area (Å²) in [5.41, 5.74) is 1.57. The zero-order valence-electron chi connectivity index (χ0n) is 16.7. The molecule has 31 heavy (non-hydrogen) atoms. The average molecular weight is 468 g/mol. The van der Waals surface area contributed by atoms with E-state index in [0.717, 1.165) is 6.26 Å². The average Bonchev–Trinajstić information content (AvgIpc) is 3.11. The molecule has 0 bridgehead atoms. The van der Waals surface area contributed by atoms with Crippen LogP contribution < -0.4 is 14.8 Å². The molecule has 1 amide bonds. The van der Waals surface area contributed by atoms with E-state index in [0.29, 0.717) is 24.2 Å². The second-order valence-electron chi connectivity index (χ2n) is 7.04. The minimum absolute atomic E-state index is 0.170. The topological polar surface area (TPSA) is 153 Å². The second-order valence-corrected chi connectivity index (χ2v) is 10.5. The van der Waals surface area contributed by atoms with Crippen molar-refractivity contribution in [1.29, 1.82) is 0 Å². The number of nitrogens with one attached hydrogen (secondary N) is 1. The fourth-order valence-electron chi connectivity index (χ4n) is 3.12. The van der Waals surface area contributed by atoms with Crippen molar-refractivity contribution in [2.24, 2.45) is 5.14 Å². The number of benzene rings is 2. The summed E-state index contributed by atoms with van der Waals surface area (Å²) >= 11 is 0. The van der Waals surface area contributed by atoms with Gasteiger partial charge >= 0.3 is 5.97 Å². The van der Waals surface area contributed by atoms with E-state index in [1.165, 1.54) is 47.6 Å². The highest BCUT2D eigenvalue weighted by atomic mass is 32.2. The van der Waals surface area contributed by atoms with Gasteiger partial charge in [0.2, 0.25) is 20.0 Å². The van der Waals surface area contributed by atoms with Gasteiger partial charge in [0.15, 0.2) is 6.10 Å². The summed E-state index contributed by atoms with van der Waals surface area (Å²) in [7, 11) is -7.34. The van der Waals surface area contributed by atoms with Crippen LogP contribution in [0.4, 0.5) is 11.4 Å². The van der Waals surface area contributed by atoms with Gasteiger partial charge in [-0.1, -0.05) is 6.07 Å². The summed E-state index contributed by atoms with van der Waals surface area (Å²) in [6, 6.07) is 9.87. The number of hydrogen-bond donors (Lipinski definition) is 2. The molecule has 0 fully saturated rings. The zero-order chi connectivity index (χ0) is 23.0. The van der Waals surface area contributed by atoms with Crippen LogP contribution in [-0.4, -0.2) is 47.6 Å². The third-order valence-electron chi connectivity index (χ3n) is 4.65. The van der Waals surface area contributed by atoms with Crippen molar-refractivity contribution >= 4 is 43.3 Å². The Bertz CT molecular complexity index is 1260. The van der Waals surface area contributed by atoms with Crippen LogP contribution in [-0.2, 0) is 36.0 Å². The number of carbonyl (C=O) groups excluding carboxylic acids is 2. The van der Waals surface area contributed by atoms with Crippen LogP contribution in [0, 0.1) is 0 Å². The maximum Gasteiger partial charge on any atom is 0.338 e. The quantitative estimate of drug-likeness (QED) is 0.597. The zero-order valence-corrected chi connectivity index (χ0v) is 18.4. The molecule has 1 unspecified atom stereocenters. The van der Waals surface area contributed by atoms with E-state index < -0.39 is 38.0 Å². The Hall–Kier alpha value is -2.96. The first-order chi connectivity index (χ1) is 14.4. The van der Waals surface area contributed by atoms with Crippen LogP contribution in [0.2, 0.25) is 0 Å². The molecular formula is C19H21N3O7S2. The molecule has 3 rings (SSSR count). The van der Waals surface area contributed by atoms with Crippen molar-refractivity contribution in [3.63, 3.8) is 0 Å². The van der Waals surface area contributed by atoms with Gasteiger partial charge in [-0.25, -0.2) is 26.8 Å². The van der Waals surface area contributed by atoms with Crippen molar-refractivity contribution in [2.75, 3.05) is 22.4 Å². The van der Waals surface area contributed by atoms with Crippen LogP contribution in [0.5, 0.6) is 0 Å². The molecule has 1 heterocycles. The summed E-state index contributed by atoms with van der Waals surface area (Å²) in [5, 5.41) is 7.54. The van der Waals surface area contributed by atoms with Crippen molar-refractivity contribution in [3.8, 4) is 0 Å². The van der Waals surface area contributed by atoms with Crippen molar-refractivity contribution < 1.29 is 31.2 Å². The highest BCUT2D eigenvalue weighted by molar-refractivity contribution is 7.92. The van der Waals surface area contributed by atoms with Crippen LogP contribution in [0.3, 0.4) is 0 Å². The normalized spacial score (nSPS) is 14.6. The van der Waals surface area contributed by atoms with Crippen LogP contribution in [0.25, 0.3) is 0 Å². The lowest BCUT2D eigenvalue weighted by Gasteiger charge is -2.17. The predicted octanol–water partition coefficient (Wildman–Crippen LogP) is 0.840. The minimum Gasteiger partial charge on any atom is -0.449 e. The number of carbonyl (C=O) groups is 2. The smallest absolute Gasteiger partial charge is 0.338 e. The highest BCUT2D eigenvalue weighted by Crippen LogP contribution is 2.31. The van der Waals surface area contributed by atoms with Gasteiger partial charge in [0.1, 0.15) is 0 Å². The van der Waals surface area contributed by atoms with Crippen molar-refractivity contribution in [1.82, 2.24) is 0 Å². The number of nitrogens with two attached hydrogens (primary N) is 1. The molecule has 3 N–H and O–H groups in total. The lowest BCUT2D eigenvalue weighted by atomic mass is 10.1. The molecule has 1 aliphatic rings. The van der Waals surface area contributed by atoms with E-state index in [9.17, 15) is 26.4 Å². The minimum atomic E-state index is -3.93. The lowest BCUT2D eigenvalue weighted by molar-refractivity contribution is -0.123. The number of nitrogens with zero attached hydrogens (tertiary/aromatic N) is 1. The van der Waals surface area contributed by atoms with Gasteiger partial charge in [0.05, 0.1) is 22.4 Å². The van der Waals surface area contributed by atoms with Gasteiger partial charge in [-0.2, -0.15) is 0 Å². The molecule has 166 valence electrons. The number of primary sulfonamides is 1. The molecule has 10 nitrogen and oxygen atoms in total. The summed E-state index contributed by atoms with van der Waals surface area (Å²) in [4.78, 5) is 24.6. The molecule has 0 radical (unpaired) electrons. The maximum absolute atomic E-state index is 12.4. The predicted molar refractivity (Wildman–Crippen MR) is 114 cm³/mol. The summed E-state index contributed by atoms with van der Waals surface area (Å²) < 4.78 is 52.9. The van der Waals surface area contributed by atoms with Gasteiger partial charge in [-0.05, 0) is 55.3 Å². The second kappa shape index (κ2) is 8.29. The third-order valence-corrected chi connectivity index (χ3v) is 6.74. The fourth-order valence-corrected chi connectivity index (χ4v) is 4.64. The Morgan fingerprint density at radius 2 is 1.84 bits per heavy atom. The van der Waals surface area contributed by atoms with E-state index in [-0.39, 0.29) is 16.1 Å². The van der Waals surface area contributed by atoms with Crippen LogP contribution in [0.15, 0.2) is 47.4 Å². The molecule has 12 heteroatoms. The number of anilines is 2. The summed E-state index contributed by atoms with van der Waals surface area (Å²) in [6.07, 6.45) is 0.398. The molecule has 0 aliphatic carbocycles. The molecule has 2 aromatic rings.